The van der Waals surface area contributed by atoms with Crippen molar-refractivity contribution in [1.29, 1.82) is 10.7 Å². The zero-order valence-electron chi connectivity index (χ0n) is 17.7. The van der Waals surface area contributed by atoms with Gasteiger partial charge in [0.15, 0.2) is 5.96 Å². The largest absolute Gasteiger partial charge is 0.489 e. The molecule has 0 saturated carbocycles. The molecule has 0 spiro atoms. The summed E-state index contributed by atoms with van der Waals surface area (Å²) in [6.45, 7) is 5.93. The minimum Gasteiger partial charge on any atom is -0.489 e. The third kappa shape index (κ3) is 5.74. The van der Waals surface area contributed by atoms with Gasteiger partial charge in [0.1, 0.15) is 12.4 Å². The van der Waals surface area contributed by atoms with Crippen LogP contribution in [0, 0.1) is 22.7 Å². The van der Waals surface area contributed by atoms with Crippen LogP contribution in [-0.4, -0.2) is 37.0 Å². The van der Waals surface area contributed by atoms with Gasteiger partial charge in [-0.3, -0.25) is 5.41 Å². The van der Waals surface area contributed by atoms with Crippen molar-refractivity contribution in [2.45, 2.75) is 32.8 Å². The Bertz CT molecular complexity index is 849. The number of nitriles is 1. The van der Waals surface area contributed by atoms with Crippen LogP contribution in [-0.2, 0) is 6.61 Å². The molecule has 0 amide bonds. The predicted molar refractivity (Wildman–Crippen MR) is 121 cm³/mol. The Balaban J connectivity index is 1.64. The molecule has 1 aliphatic rings. The van der Waals surface area contributed by atoms with E-state index in [0.717, 1.165) is 61.8 Å². The van der Waals surface area contributed by atoms with E-state index in [4.69, 9.17) is 21.1 Å². The number of nitrogens with zero attached hydrogens (tertiary/aromatic N) is 3. The molecule has 1 aliphatic heterocycles. The molecule has 1 fully saturated rings. The van der Waals surface area contributed by atoms with Crippen molar-refractivity contribution in [3.63, 3.8) is 0 Å². The van der Waals surface area contributed by atoms with Crippen molar-refractivity contribution in [1.82, 2.24) is 4.90 Å². The number of likely N-dealkylation sites (tertiary alicyclic amines) is 1. The van der Waals surface area contributed by atoms with Crippen molar-refractivity contribution in [3.05, 3.63) is 59.7 Å². The molecule has 1 saturated heterocycles. The van der Waals surface area contributed by atoms with Crippen LogP contribution in [0.3, 0.4) is 0 Å². The number of anilines is 1. The topological polar surface area (TPSA) is 89.4 Å². The minimum absolute atomic E-state index is 0.448. The molecule has 2 aromatic rings. The van der Waals surface area contributed by atoms with Crippen LogP contribution in [0.5, 0.6) is 5.75 Å². The van der Waals surface area contributed by atoms with Gasteiger partial charge in [-0.15, -0.1) is 0 Å². The quantitative estimate of drug-likeness (QED) is 0.538. The lowest BCUT2D eigenvalue weighted by Crippen LogP contribution is -2.47. The lowest BCUT2D eigenvalue weighted by molar-refractivity contribution is 0.275. The molecule has 1 heterocycles. The number of nitrogens with one attached hydrogen (secondary N) is 1. The molecule has 30 heavy (non-hydrogen) atoms. The zero-order valence-corrected chi connectivity index (χ0v) is 17.7. The van der Waals surface area contributed by atoms with E-state index in [0.29, 0.717) is 24.7 Å². The summed E-state index contributed by atoms with van der Waals surface area (Å²) in [5, 5.41) is 17.6. The fourth-order valence-electron chi connectivity index (χ4n) is 3.56. The van der Waals surface area contributed by atoms with Gasteiger partial charge in [0.05, 0.1) is 11.6 Å². The van der Waals surface area contributed by atoms with Gasteiger partial charge in [0, 0.05) is 25.3 Å². The van der Waals surface area contributed by atoms with E-state index < -0.39 is 0 Å². The van der Waals surface area contributed by atoms with Gasteiger partial charge in [-0.25, -0.2) is 0 Å². The van der Waals surface area contributed by atoms with Gasteiger partial charge in [0.2, 0.25) is 0 Å². The summed E-state index contributed by atoms with van der Waals surface area (Å²) >= 11 is 0. The lowest BCUT2D eigenvalue weighted by atomic mass is 9.99. The van der Waals surface area contributed by atoms with Crippen LogP contribution < -0.4 is 15.4 Å². The summed E-state index contributed by atoms with van der Waals surface area (Å²) in [4.78, 5) is 4.22. The van der Waals surface area contributed by atoms with Crippen molar-refractivity contribution < 1.29 is 4.74 Å². The maximum absolute atomic E-state index is 8.88. The number of piperidine rings is 1. The Morgan fingerprint density at radius 3 is 2.43 bits per heavy atom. The van der Waals surface area contributed by atoms with E-state index in [9.17, 15) is 0 Å². The second-order valence-electron chi connectivity index (χ2n) is 7.88. The first-order valence-electron chi connectivity index (χ1n) is 10.6. The summed E-state index contributed by atoms with van der Waals surface area (Å²) in [7, 11) is 0. The Labute approximate surface area is 179 Å². The summed E-state index contributed by atoms with van der Waals surface area (Å²) in [5.74, 6) is 2.07. The summed E-state index contributed by atoms with van der Waals surface area (Å²) in [6, 6.07) is 17.4. The number of guanidine groups is 1. The molecule has 158 valence electrons. The Hall–Kier alpha value is -3.04. The van der Waals surface area contributed by atoms with E-state index in [1.54, 1.807) is 12.1 Å². The standard InChI is InChI=1S/C24H31N5O/c1-19-11-15-28(16-12-19)24(27)29(14-2-13-25)22-7-9-23(10-8-22)30-18-21-5-3-20(17-26)4-6-21/h3-10,19,27H,2,11-16,18,25H2,1H3. The highest BCUT2D eigenvalue weighted by Crippen LogP contribution is 2.23. The van der Waals surface area contributed by atoms with E-state index in [2.05, 4.69) is 17.9 Å². The molecule has 6 nitrogen and oxygen atoms in total. The fourth-order valence-corrected chi connectivity index (χ4v) is 3.56. The summed E-state index contributed by atoms with van der Waals surface area (Å²) < 4.78 is 5.88. The second-order valence-corrected chi connectivity index (χ2v) is 7.88. The van der Waals surface area contributed by atoms with Gasteiger partial charge < -0.3 is 20.3 Å². The number of benzene rings is 2. The fraction of sp³-hybridized carbons (Fsp3) is 0.417. The minimum atomic E-state index is 0.448. The van der Waals surface area contributed by atoms with Crippen molar-refractivity contribution in [2.24, 2.45) is 11.7 Å². The third-order valence-corrected chi connectivity index (χ3v) is 5.56. The van der Waals surface area contributed by atoms with Crippen LogP contribution in [0.15, 0.2) is 48.5 Å². The molecule has 0 aliphatic carbocycles. The predicted octanol–water partition coefficient (Wildman–Crippen LogP) is 3.96. The molecule has 0 aromatic heterocycles. The maximum atomic E-state index is 8.88. The van der Waals surface area contributed by atoms with E-state index in [1.165, 1.54) is 0 Å². The number of rotatable bonds is 7. The summed E-state index contributed by atoms with van der Waals surface area (Å²) in [6.07, 6.45) is 3.11. The van der Waals surface area contributed by atoms with Crippen LogP contribution in [0.4, 0.5) is 5.69 Å². The molecule has 0 radical (unpaired) electrons. The SMILES string of the molecule is CC1CCN(C(=N)N(CCCN)c2ccc(OCc3ccc(C#N)cc3)cc2)CC1. The zero-order chi connectivity index (χ0) is 21.3. The molecular weight excluding hydrogens is 374 g/mol. The first-order chi connectivity index (χ1) is 14.6. The highest BCUT2D eigenvalue weighted by Gasteiger charge is 2.22. The van der Waals surface area contributed by atoms with Crippen LogP contribution >= 0.6 is 0 Å². The molecule has 0 bridgehead atoms. The van der Waals surface area contributed by atoms with Crippen LogP contribution in [0.25, 0.3) is 0 Å². The second kappa shape index (κ2) is 10.7. The summed E-state index contributed by atoms with van der Waals surface area (Å²) in [5.41, 5.74) is 8.39. The van der Waals surface area contributed by atoms with Crippen molar-refractivity contribution in [3.8, 4) is 11.8 Å². The molecule has 6 heteroatoms. The Kier molecular flexibility index (Phi) is 7.69. The molecule has 0 unspecified atom stereocenters. The Morgan fingerprint density at radius 1 is 1.17 bits per heavy atom. The number of nitrogens with two attached hydrogens (primary N) is 1. The molecule has 3 rings (SSSR count). The lowest BCUT2D eigenvalue weighted by Gasteiger charge is -2.37. The van der Waals surface area contributed by atoms with E-state index in [-0.39, 0.29) is 0 Å². The number of hydrogen-bond donors (Lipinski definition) is 2. The van der Waals surface area contributed by atoms with E-state index >= 15 is 0 Å². The molecule has 0 atom stereocenters. The third-order valence-electron chi connectivity index (χ3n) is 5.56. The van der Waals surface area contributed by atoms with Crippen LogP contribution in [0.1, 0.15) is 37.3 Å². The highest BCUT2D eigenvalue weighted by molar-refractivity contribution is 5.93. The first kappa shape index (κ1) is 21.7. The van der Waals surface area contributed by atoms with Gasteiger partial charge >= 0.3 is 0 Å². The highest BCUT2D eigenvalue weighted by atomic mass is 16.5. The average molecular weight is 406 g/mol. The number of ether oxygens (including phenoxy) is 1. The normalized spacial score (nSPS) is 14.2. The smallest absolute Gasteiger partial charge is 0.198 e. The van der Waals surface area contributed by atoms with Crippen molar-refractivity contribution >= 4 is 11.6 Å². The van der Waals surface area contributed by atoms with Gasteiger partial charge in [-0.2, -0.15) is 5.26 Å². The van der Waals surface area contributed by atoms with Gasteiger partial charge in [0.25, 0.3) is 0 Å². The van der Waals surface area contributed by atoms with Gasteiger partial charge in [-0.1, -0.05) is 19.1 Å². The van der Waals surface area contributed by atoms with E-state index in [1.807, 2.05) is 41.3 Å². The number of hydrogen-bond acceptors (Lipinski definition) is 4. The monoisotopic (exact) mass is 405 g/mol. The maximum Gasteiger partial charge on any atom is 0.198 e. The molecule has 3 N–H and O–H groups in total. The molecule has 2 aromatic carbocycles. The average Bonchev–Trinajstić information content (AvgIpc) is 2.79. The Morgan fingerprint density at radius 2 is 1.83 bits per heavy atom. The van der Waals surface area contributed by atoms with Gasteiger partial charge in [-0.05, 0) is 73.7 Å². The van der Waals surface area contributed by atoms with Crippen LogP contribution in [0.2, 0.25) is 0 Å². The molecular formula is C24H31N5O. The van der Waals surface area contributed by atoms with Crippen molar-refractivity contribution in [2.75, 3.05) is 31.1 Å². The first-order valence-corrected chi connectivity index (χ1v) is 10.6.